The molecule has 4 rings (SSSR count). The largest absolute Gasteiger partial charge is 0.299 e. The summed E-state index contributed by atoms with van der Waals surface area (Å²) in [5.74, 6) is -0.347. The average Bonchev–Trinajstić information content (AvgIpc) is 3.36. The van der Waals surface area contributed by atoms with Crippen LogP contribution in [0.4, 0.5) is 5.13 Å². The van der Waals surface area contributed by atoms with Crippen LogP contribution in [0.5, 0.6) is 0 Å². The smallest absolute Gasteiger partial charge is 0.249 e. The first-order chi connectivity index (χ1) is 12.5. The van der Waals surface area contributed by atoms with Crippen LogP contribution in [-0.4, -0.2) is 50.9 Å². The topological polar surface area (TPSA) is 92.3 Å². The summed E-state index contributed by atoms with van der Waals surface area (Å²) in [6, 6.07) is -0.795. The summed E-state index contributed by atoms with van der Waals surface area (Å²) in [5, 5.41) is 11.7. The summed E-state index contributed by atoms with van der Waals surface area (Å²) in [7, 11) is 0. The molecule has 2 fully saturated rings. The third kappa shape index (κ3) is 2.77. The van der Waals surface area contributed by atoms with Crippen molar-refractivity contribution in [2.75, 3.05) is 17.3 Å². The van der Waals surface area contributed by atoms with Gasteiger partial charge in [0.15, 0.2) is 0 Å². The molecule has 9 heteroatoms. The molecule has 3 amide bonds. The molecule has 2 bridgehead atoms. The molecule has 26 heavy (non-hydrogen) atoms. The second-order valence-electron chi connectivity index (χ2n) is 6.96. The van der Waals surface area contributed by atoms with Gasteiger partial charge in [-0.15, -0.1) is 10.2 Å². The summed E-state index contributed by atoms with van der Waals surface area (Å²) < 4.78 is 0. The molecular weight excluding hydrogens is 372 g/mol. The van der Waals surface area contributed by atoms with Gasteiger partial charge in [-0.3, -0.25) is 24.6 Å². The van der Waals surface area contributed by atoms with Gasteiger partial charge in [0.1, 0.15) is 11.0 Å². The molecule has 1 saturated carbocycles. The van der Waals surface area contributed by atoms with Crippen LogP contribution in [0.3, 0.4) is 0 Å². The van der Waals surface area contributed by atoms with Gasteiger partial charge in [-0.1, -0.05) is 23.5 Å². The molecule has 2 aliphatic carbocycles. The maximum absolute atomic E-state index is 13.0. The minimum Gasteiger partial charge on any atom is -0.299 e. The van der Waals surface area contributed by atoms with Crippen molar-refractivity contribution in [1.29, 1.82) is 0 Å². The van der Waals surface area contributed by atoms with Crippen LogP contribution >= 0.6 is 23.1 Å². The minimum atomic E-state index is -0.795. The Kier molecular flexibility index (Phi) is 4.60. The van der Waals surface area contributed by atoms with Crippen molar-refractivity contribution < 1.29 is 14.4 Å². The van der Waals surface area contributed by atoms with Crippen molar-refractivity contribution in [2.24, 2.45) is 23.7 Å². The van der Waals surface area contributed by atoms with Crippen molar-refractivity contribution in [3.8, 4) is 0 Å². The number of aryl methyl sites for hydroxylation is 1. The van der Waals surface area contributed by atoms with Crippen LogP contribution in [-0.2, 0) is 14.4 Å². The van der Waals surface area contributed by atoms with E-state index >= 15 is 0 Å². The highest BCUT2D eigenvalue weighted by Gasteiger charge is 2.61. The first-order valence-corrected chi connectivity index (χ1v) is 10.9. The number of aromatic nitrogens is 2. The number of hydrogen-bond donors (Lipinski definition) is 1. The third-order valence-electron chi connectivity index (χ3n) is 5.47. The van der Waals surface area contributed by atoms with Crippen LogP contribution in [0, 0.1) is 30.6 Å². The van der Waals surface area contributed by atoms with E-state index in [9.17, 15) is 14.4 Å². The van der Waals surface area contributed by atoms with Crippen LogP contribution in [0.2, 0.25) is 0 Å². The minimum absolute atomic E-state index is 0.140. The summed E-state index contributed by atoms with van der Waals surface area (Å²) >= 11 is 2.86. The Morgan fingerprint density at radius 1 is 1.31 bits per heavy atom. The molecule has 1 saturated heterocycles. The predicted octanol–water partition coefficient (Wildman–Crippen LogP) is 1.71. The lowest BCUT2D eigenvalue weighted by molar-refractivity contribution is -0.147. The second-order valence-corrected chi connectivity index (χ2v) is 9.13. The van der Waals surface area contributed by atoms with E-state index in [0.29, 0.717) is 17.3 Å². The fourth-order valence-electron chi connectivity index (χ4n) is 4.38. The highest BCUT2D eigenvalue weighted by atomic mass is 32.2. The number of allylic oxidation sites excluding steroid dienone is 2. The number of hydrogen-bond acceptors (Lipinski definition) is 7. The monoisotopic (exact) mass is 392 g/mol. The highest BCUT2D eigenvalue weighted by molar-refractivity contribution is 7.98. The molecule has 3 aliphatic rings. The Hall–Kier alpha value is -1.74. The lowest BCUT2D eigenvalue weighted by atomic mass is 9.85. The van der Waals surface area contributed by atoms with Gasteiger partial charge in [0.25, 0.3) is 0 Å². The molecule has 1 aliphatic heterocycles. The summed E-state index contributed by atoms with van der Waals surface area (Å²) in [4.78, 5) is 40.1. The quantitative estimate of drug-likeness (QED) is 0.585. The van der Waals surface area contributed by atoms with E-state index in [1.807, 2.05) is 6.26 Å². The lowest BCUT2D eigenvalue weighted by Crippen LogP contribution is -2.48. The van der Waals surface area contributed by atoms with Gasteiger partial charge >= 0.3 is 0 Å². The van der Waals surface area contributed by atoms with Crippen LogP contribution in [0.15, 0.2) is 12.2 Å². The summed E-state index contributed by atoms with van der Waals surface area (Å²) in [5.41, 5.74) is 0. The molecule has 1 aromatic rings. The maximum Gasteiger partial charge on any atom is 0.249 e. The van der Waals surface area contributed by atoms with Crippen molar-refractivity contribution in [3.63, 3.8) is 0 Å². The normalized spacial score (nSPS) is 30.2. The van der Waals surface area contributed by atoms with Gasteiger partial charge in [-0.2, -0.15) is 11.8 Å². The number of carbonyl (C=O) groups excluding carboxylic acids is 3. The summed E-state index contributed by atoms with van der Waals surface area (Å²) in [6.07, 6.45) is 7.37. The SMILES string of the molecule is CSCCC(C(=O)Nc1nnc(C)s1)N1C(=O)C2C3C=CC(C3)C2C1=O. The van der Waals surface area contributed by atoms with Crippen molar-refractivity contribution >= 4 is 46.0 Å². The first-order valence-electron chi connectivity index (χ1n) is 8.66. The fourth-order valence-corrected chi connectivity index (χ4v) is 5.43. The number of amides is 3. The Morgan fingerprint density at radius 2 is 1.96 bits per heavy atom. The van der Waals surface area contributed by atoms with Gasteiger partial charge in [0.2, 0.25) is 22.9 Å². The zero-order valence-electron chi connectivity index (χ0n) is 14.5. The molecular formula is C17H20N4O3S2. The molecule has 5 unspecified atom stereocenters. The fraction of sp³-hybridized carbons (Fsp3) is 0.588. The average molecular weight is 393 g/mol. The van der Waals surface area contributed by atoms with Gasteiger partial charge in [0.05, 0.1) is 11.8 Å². The number of anilines is 1. The van der Waals surface area contributed by atoms with Crippen LogP contribution < -0.4 is 5.32 Å². The number of nitrogens with one attached hydrogen (secondary N) is 1. The number of rotatable bonds is 6. The highest BCUT2D eigenvalue weighted by Crippen LogP contribution is 2.53. The molecule has 0 spiro atoms. The second kappa shape index (κ2) is 6.77. The predicted molar refractivity (Wildman–Crippen MR) is 99.6 cm³/mol. The number of fused-ring (bicyclic) bond motifs is 5. The standard InChI is InChI=1S/C17H20N4O3S2/c1-8-19-20-17(26-8)18-14(22)11(5-6-25-2)21-15(23)12-9-3-4-10(7-9)13(12)16(21)24/h3-4,9-13H,5-7H2,1-2H3,(H,18,20,22). The Bertz CT molecular complexity index is 763. The van der Waals surface area contributed by atoms with E-state index in [1.165, 1.54) is 16.2 Å². The van der Waals surface area contributed by atoms with Crippen molar-refractivity contribution in [1.82, 2.24) is 15.1 Å². The van der Waals surface area contributed by atoms with E-state index in [-0.39, 0.29) is 41.4 Å². The zero-order valence-corrected chi connectivity index (χ0v) is 16.2. The van der Waals surface area contributed by atoms with Crippen molar-refractivity contribution in [2.45, 2.75) is 25.8 Å². The van der Waals surface area contributed by atoms with Gasteiger partial charge in [0, 0.05) is 0 Å². The molecule has 1 aromatic heterocycles. The Morgan fingerprint density at radius 3 is 2.50 bits per heavy atom. The molecule has 5 atom stereocenters. The number of likely N-dealkylation sites (tertiary alicyclic amines) is 1. The number of thioether (sulfide) groups is 1. The summed E-state index contributed by atoms with van der Waals surface area (Å²) in [6.45, 7) is 1.80. The van der Waals surface area contributed by atoms with E-state index in [0.717, 1.165) is 11.4 Å². The van der Waals surface area contributed by atoms with E-state index in [2.05, 4.69) is 27.7 Å². The number of carbonyl (C=O) groups is 3. The van der Waals surface area contributed by atoms with Crippen LogP contribution in [0.25, 0.3) is 0 Å². The van der Waals surface area contributed by atoms with E-state index < -0.39 is 6.04 Å². The Balaban J connectivity index is 1.57. The lowest BCUT2D eigenvalue weighted by Gasteiger charge is -2.26. The number of imide groups is 1. The van der Waals surface area contributed by atoms with Gasteiger partial charge < -0.3 is 0 Å². The van der Waals surface area contributed by atoms with Gasteiger partial charge in [-0.25, -0.2) is 0 Å². The van der Waals surface area contributed by atoms with Gasteiger partial charge in [-0.05, 0) is 43.6 Å². The zero-order chi connectivity index (χ0) is 18.4. The maximum atomic E-state index is 13.0. The molecule has 138 valence electrons. The third-order valence-corrected chi connectivity index (χ3v) is 6.87. The van der Waals surface area contributed by atoms with Crippen molar-refractivity contribution in [3.05, 3.63) is 17.2 Å². The molecule has 2 heterocycles. The number of nitrogens with zero attached hydrogens (tertiary/aromatic N) is 3. The Labute approximate surface area is 159 Å². The molecule has 7 nitrogen and oxygen atoms in total. The molecule has 0 radical (unpaired) electrons. The first kappa shape index (κ1) is 17.7. The molecule has 0 aromatic carbocycles. The van der Waals surface area contributed by atoms with Crippen LogP contribution in [0.1, 0.15) is 17.8 Å². The van der Waals surface area contributed by atoms with E-state index in [4.69, 9.17) is 0 Å². The molecule has 1 N–H and O–H groups in total. The van der Waals surface area contributed by atoms with E-state index in [1.54, 1.807) is 18.7 Å².